The van der Waals surface area contributed by atoms with Crippen LogP contribution in [0.1, 0.15) is 16.7 Å². The molecule has 0 fully saturated rings. The quantitative estimate of drug-likeness (QED) is 0.650. The molecule has 0 bridgehead atoms. The number of benzene rings is 2. The van der Waals surface area contributed by atoms with Crippen molar-refractivity contribution in [3.63, 3.8) is 0 Å². The summed E-state index contributed by atoms with van der Waals surface area (Å²) in [6, 6.07) is 7.79. The maximum Gasteiger partial charge on any atom is 0.252 e. The van der Waals surface area contributed by atoms with Crippen LogP contribution in [-0.4, -0.2) is 15.2 Å². The Balaban J connectivity index is 2.25. The van der Waals surface area contributed by atoms with Crippen LogP contribution in [-0.2, 0) is 6.42 Å². The van der Waals surface area contributed by atoms with Gasteiger partial charge in [0.25, 0.3) is 5.56 Å². The van der Waals surface area contributed by atoms with E-state index in [1.165, 1.54) is 12.1 Å². The second kappa shape index (κ2) is 5.80. The number of phenols is 2. The Morgan fingerprint density at radius 1 is 1.09 bits per heavy atom. The summed E-state index contributed by atoms with van der Waals surface area (Å²) in [4.78, 5) is 15.1. The van der Waals surface area contributed by atoms with Crippen molar-refractivity contribution in [2.75, 3.05) is 0 Å². The van der Waals surface area contributed by atoms with Gasteiger partial charge in [-0.15, -0.1) is 0 Å². The van der Waals surface area contributed by atoms with Crippen LogP contribution in [0.3, 0.4) is 0 Å². The van der Waals surface area contributed by atoms with Crippen molar-refractivity contribution in [1.82, 2.24) is 4.98 Å². The minimum Gasteiger partial charge on any atom is -0.508 e. The van der Waals surface area contributed by atoms with E-state index in [1.54, 1.807) is 25.1 Å². The fourth-order valence-corrected chi connectivity index (χ4v) is 3.25. The Hall–Kier alpha value is -2.17. The fraction of sp³-hybridized carbons (Fsp3) is 0.118. The summed E-state index contributed by atoms with van der Waals surface area (Å²) in [5, 5.41) is 21.1. The molecule has 3 N–H and O–H groups in total. The normalized spacial score (nSPS) is 11.1. The predicted molar refractivity (Wildman–Crippen MR) is 91.9 cm³/mol. The molecule has 0 saturated carbocycles. The average Bonchev–Trinajstić information content (AvgIpc) is 2.44. The summed E-state index contributed by atoms with van der Waals surface area (Å²) in [5.74, 6) is -0.216. The lowest BCUT2D eigenvalue weighted by Gasteiger charge is -2.12. The van der Waals surface area contributed by atoms with Crippen LogP contribution in [0.25, 0.3) is 10.9 Å². The first-order valence-electron chi connectivity index (χ1n) is 6.89. The largest absolute Gasteiger partial charge is 0.508 e. The zero-order chi connectivity index (χ0) is 16.7. The molecule has 0 amide bonds. The molecule has 0 saturated heterocycles. The molecule has 0 aliphatic rings. The molecule has 2 aromatic carbocycles. The van der Waals surface area contributed by atoms with E-state index in [1.807, 2.05) is 0 Å². The summed E-state index contributed by atoms with van der Waals surface area (Å²) in [5.41, 5.74) is 1.81. The number of hydrogen-bond acceptors (Lipinski definition) is 3. The second-order valence-corrected chi connectivity index (χ2v) is 6.14. The maximum absolute atomic E-state index is 12.4. The van der Waals surface area contributed by atoms with Crippen LogP contribution in [0.2, 0.25) is 10.0 Å². The molecular formula is C17H13Cl2NO3. The molecule has 1 aromatic heterocycles. The third kappa shape index (κ3) is 2.76. The number of aromatic nitrogens is 1. The Morgan fingerprint density at radius 2 is 1.74 bits per heavy atom. The van der Waals surface area contributed by atoms with Crippen LogP contribution in [0.4, 0.5) is 0 Å². The molecular weight excluding hydrogens is 337 g/mol. The Labute approximate surface area is 141 Å². The van der Waals surface area contributed by atoms with E-state index in [4.69, 9.17) is 23.2 Å². The van der Waals surface area contributed by atoms with E-state index in [9.17, 15) is 15.0 Å². The van der Waals surface area contributed by atoms with E-state index in [2.05, 4.69) is 4.98 Å². The topological polar surface area (TPSA) is 73.3 Å². The van der Waals surface area contributed by atoms with E-state index in [-0.39, 0.29) is 23.5 Å². The zero-order valence-corrected chi connectivity index (χ0v) is 13.7. The molecule has 0 atom stereocenters. The fourth-order valence-electron chi connectivity index (χ4n) is 2.71. The number of hydrogen-bond donors (Lipinski definition) is 3. The molecule has 0 aliphatic heterocycles. The van der Waals surface area contributed by atoms with Gasteiger partial charge in [0.1, 0.15) is 11.5 Å². The maximum atomic E-state index is 12.4. The van der Waals surface area contributed by atoms with Gasteiger partial charge in [-0.2, -0.15) is 0 Å². The number of halogens is 2. The first-order valence-corrected chi connectivity index (χ1v) is 7.64. The highest BCUT2D eigenvalue weighted by Crippen LogP contribution is 2.33. The van der Waals surface area contributed by atoms with Crippen molar-refractivity contribution < 1.29 is 10.2 Å². The van der Waals surface area contributed by atoms with E-state index in [0.717, 1.165) is 0 Å². The summed E-state index contributed by atoms with van der Waals surface area (Å²) in [7, 11) is 0. The number of pyridine rings is 1. The minimum absolute atomic E-state index is 0.0970. The van der Waals surface area contributed by atoms with Crippen molar-refractivity contribution >= 4 is 34.1 Å². The number of rotatable bonds is 2. The number of fused-ring (bicyclic) bond motifs is 1. The highest BCUT2D eigenvalue weighted by molar-refractivity contribution is 6.36. The molecule has 6 heteroatoms. The van der Waals surface area contributed by atoms with Gasteiger partial charge in [0.2, 0.25) is 0 Å². The standard InChI is InChI=1S/C17H13Cl2NO3/c1-8-10(7-11-12(18)3-2-4-13(11)19)17(23)20-14-5-9(21)6-15(22)16(8)14/h2-6,21-22H,7H2,1H3,(H,20,23). The number of H-pyrrole nitrogens is 1. The van der Waals surface area contributed by atoms with Gasteiger partial charge >= 0.3 is 0 Å². The molecule has 1 heterocycles. The molecule has 0 radical (unpaired) electrons. The van der Waals surface area contributed by atoms with Crippen molar-refractivity contribution in [3.05, 3.63) is 67.4 Å². The number of aromatic hydroxyl groups is 2. The lowest BCUT2D eigenvalue weighted by Crippen LogP contribution is -2.15. The van der Waals surface area contributed by atoms with E-state index < -0.39 is 0 Å². The number of nitrogens with one attached hydrogen (secondary N) is 1. The van der Waals surface area contributed by atoms with Crippen molar-refractivity contribution in [3.8, 4) is 11.5 Å². The molecule has 3 aromatic rings. The lowest BCUT2D eigenvalue weighted by atomic mass is 9.98. The summed E-state index contributed by atoms with van der Waals surface area (Å²) < 4.78 is 0. The highest BCUT2D eigenvalue weighted by atomic mass is 35.5. The molecule has 23 heavy (non-hydrogen) atoms. The molecule has 0 spiro atoms. The average molecular weight is 350 g/mol. The lowest BCUT2D eigenvalue weighted by molar-refractivity contribution is 0.455. The second-order valence-electron chi connectivity index (χ2n) is 5.32. The SMILES string of the molecule is Cc1c(Cc2c(Cl)cccc2Cl)c(=O)[nH]c2cc(O)cc(O)c12. The van der Waals surface area contributed by atoms with Crippen LogP contribution >= 0.6 is 23.2 Å². The monoisotopic (exact) mass is 349 g/mol. The van der Waals surface area contributed by atoms with Crippen LogP contribution in [0.5, 0.6) is 11.5 Å². The van der Waals surface area contributed by atoms with E-state index >= 15 is 0 Å². The van der Waals surface area contributed by atoms with Gasteiger partial charge in [-0.1, -0.05) is 29.3 Å². The smallest absolute Gasteiger partial charge is 0.252 e. The molecule has 0 aliphatic carbocycles. The summed E-state index contributed by atoms with van der Waals surface area (Å²) >= 11 is 12.4. The van der Waals surface area contributed by atoms with Gasteiger partial charge in [0.05, 0.1) is 5.52 Å². The Bertz CT molecular complexity index is 959. The van der Waals surface area contributed by atoms with Crippen molar-refractivity contribution in [2.24, 2.45) is 0 Å². The summed E-state index contributed by atoms with van der Waals surface area (Å²) in [6.45, 7) is 1.74. The Morgan fingerprint density at radius 3 is 2.39 bits per heavy atom. The number of phenolic OH excluding ortho intramolecular Hbond substituents is 2. The zero-order valence-electron chi connectivity index (χ0n) is 12.2. The van der Waals surface area contributed by atoms with Crippen molar-refractivity contribution in [2.45, 2.75) is 13.3 Å². The van der Waals surface area contributed by atoms with Gasteiger partial charge in [-0.25, -0.2) is 0 Å². The van der Waals surface area contributed by atoms with Gasteiger partial charge in [0, 0.05) is 39.5 Å². The summed E-state index contributed by atoms with van der Waals surface area (Å²) in [6.07, 6.45) is 0.246. The van der Waals surface area contributed by atoms with Crippen LogP contribution < -0.4 is 5.56 Å². The number of aryl methyl sites for hydroxylation is 1. The molecule has 4 nitrogen and oxygen atoms in total. The van der Waals surface area contributed by atoms with E-state index in [0.29, 0.717) is 37.6 Å². The van der Waals surface area contributed by atoms with Gasteiger partial charge in [-0.05, 0) is 30.2 Å². The molecule has 3 rings (SSSR count). The van der Waals surface area contributed by atoms with Gasteiger partial charge in [-0.3, -0.25) is 4.79 Å². The minimum atomic E-state index is -0.309. The number of aromatic amines is 1. The van der Waals surface area contributed by atoms with Crippen LogP contribution in [0.15, 0.2) is 35.1 Å². The van der Waals surface area contributed by atoms with Crippen molar-refractivity contribution in [1.29, 1.82) is 0 Å². The first-order chi connectivity index (χ1) is 10.9. The third-order valence-corrected chi connectivity index (χ3v) is 4.58. The van der Waals surface area contributed by atoms with Crippen LogP contribution in [0, 0.1) is 6.92 Å². The third-order valence-electron chi connectivity index (χ3n) is 3.87. The Kier molecular flexibility index (Phi) is 3.96. The molecule has 118 valence electrons. The van der Waals surface area contributed by atoms with Gasteiger partial charge in [0.15, 0.2) is 0 Å². The van der Waals surface area contributed by atoms with Gasteiger partial charge < -0.3 is 15.2 Å². The highest BCUT2D eigenvalue weighted by Gasteiger charge is 2.16. The first kappa shape index (κ1) is 15.7. The molecule has 0 unspecified atom stereocenters. The predicted octanol–water partition coefficient (Wildman–Crippen LogP) is 4.15.